The summed E-state index contributed by atoms with van der Waals surface area (Å²) >= 11 is 4.25. The molecule has 0 unspecified atom stereocenters. The predicted octanol–water partition coefficient (Wildman–Crippen LogP) is 5.09. The van der Waals surface area contributed by atoms with Crippen LogP contribution in [0.15, 0.2) is 64.5 Å². The number of carbonyl (C=O) groups is 3. The fourth-order valence-corrected chi connectivity index (χ4v) is 4.28. The summed E-state index contributed by atoms with van der Waals surface area (Å²) in [6.07, 6.45) is 3.21. The Hall–Kier alpha value is -3.04. The van der Waals surface area contributed by atoms with Gasteiger partial charge in [-0.1, -0.05) is 30.9 Å². The minimum atomic E-state index is -0.524. The van der Waals surface area contributed by atoms with Gasteiger partial charge >= 0.3 is 0 Å². The van der Waals surface area contributed by atoms with Crippen LogP contribution < -0.4 is 14.8 Å². The molecule has 1 N–H and O–H groups in total. The summed E-state index contributed by atoms with van der Waals surface area (Å²) in [5.41, 5.74) is 1.23. The van der Waals surface area contributed by atoms with Crippen molar-refractivity contribution in [1.29, 1.82) is 0 Å². The molecule has 0 spiro atoms. The number of anilines is 1. The van der Waals surface area contributed by atoms with Crippen LogP contribution in [-0.4, -0.2) is 41.7 Å². The summed E-state index contributed by atoms with van der Waals surface area (Å²) in [6, 6.07) is 12.3. The molecule has 1 heterocycles. The molecule has 1 saturated heterocycles. The van der Waals surface area contributed by atoms with Gasteiger partial charge < -0.3 is 14.8 Å². The molecule has 0 saturated carbocycles. The highest BCUT2D eigenvalue weighted by atomic mass is 79.9. The maximum absolute atomic E-state index is 12.8. The van der Waals surface area contributed by atoms with Crippen molar-refractivity contribution >= 4 is 56.5 Å². The number of ether oxygens (including phenoxy) is 2. The predicted molar refractivity (Wildman–Crippen MR) is 129 cm³/mol. The minimum absolute atomic E-state index is 0.219. The number of carbonyl (C=O) groups excluding carboxylic acids is 3. The molecular weight excluding hydrogens is 496 g/mol. The SMILES string of the molecule is C=CCOc1c(Br)cc(/C=C2\SC(=O)N(CC(=O)Nc3ccccc3)C2=O)cc1OCC. The standard InChI is InChI=1S/C23H21BrN2O5S/c1-3-10-31-21-17(24)11-15(12-18(21)30-4-2)13-19-22(28)26(23(29)32-19)14-20(27)25-16-8-6-5-7-9-16/h3,5-9,11-13H,1,4,10,14H2,2H3,(H,25,27)/b19-13-. The summed E-state index contributed by atoms with van der Waals surface area (Å²) in [5.74, 6) is 0.0418. The first-order chi connectivity index (χ1) is 15.4. The van der Waals surface area contributed by atoms with E-state index in [1.165, 1.54) is 0 Å². The molecule has 3 rings (SSSR count). The topological polar surface area (TPSA) is 84.9 Å². The lowest BCUT2D eigenvalue weighted by molar-refractivity contribution is -0.127. The smallest absolute Gasteiger partial charge is 0.294 e. The quantitative estimate of drug-likeness (QED) is 0.369. The third kappa shape index (κ3) is 5.80. The number of nitrogens with zero attached hydrogens (tertiary/aromatic N) is 1. The van der Waals surface area contributed by atoms with Crippen molar-refractivity contribution in [3.63, 3.8) is 0 Å². The van der Waals surface area contributed by atoms with Crippen LogP contribution >= 0.6 is 27.7 Å². The van der Waals surface area contributed by atoms with Gasteiger partial charge in [-0.05, 0) is 70.5 Å². The summed E-state index contributed by atoms with van der Waals surface area (Å²) < 4.78 is 11.9. The van der Waals surface area contributed by atoms with E-state index >= 15 is 0 Å². The number of para-hydroxylation sites is 1. The third-order valence-corrected chi connectivity index (χ3v) is 5.70. The van der Waals surface area contributed by atoms with E-state index in [1.807, 2.05) is 13.0 Å². The zero-order chi connectivity index (χ0) is 23.1. The van der Waals surface area contributed by atoms with Gasteiger partial charge in [0.05, 0.1) is 16.0 Å². The molecule has 1 aliphatic heterocycles. The van der Waals surface area contributed by atoms with E-state index in [2.05, 4.69) is 27.8 Å². The molecule has 0 aliphatic carbocycles. The molecule has 1 aliphatic rings. The second kappa shape index (κ2) is 11.0. The van der Waals surface area contributed by atoms with Gasteiger partial charge in [0.1, 0.15) is 13.2 Å². The molecular formula is C23H21BrN2O5S. The second-order valence-corrected chi connectivity index (χ2v) is 8.39. The number of nitrogens with one attached hydrogen (secondary N) is 1. The molecule has 2 aromatic carbocycles. The number of halogens is 1. The fourth-order valence-electron chi connectivity index (χ4n) is 2.87. The average Bonchev–Trinajstić information content (AvgIpc) is 3.01. The lowest BCUT2D eigenvalue weighted by Gasteiger charge is -2.14. The maximum atomic E-state index is 12.8. The number of rotatable bonds is 9. The Morgan fingerprint density at radius 1 is 1.22 bits per heavy atom. The fraction of sp³-hybridized carbons (Fsp3) is 0.174. The maximum Gasteiger partial charge on any atom is 0.294 e. The second-order valence-electron chi connectivity index (χ2n) is 6.54. The van der Waals surface area contributed by atoms with Crippen LogP contribution in [0.3, 0.4) is 0 Å². The number of benzene rings is 2. The van der Waals surface area contributed by atoms with Crippen molar-refractivity contribution in [2.24, 2.45) is 0 Å². The normalized spacial score (nSPS) is 14.6. The van der Waals surface area contributed by atoms with E-state index in [9.17, 15) is 14.4 Å². The summed E-state index contributed by atoms with van der Waals surface area (Å²) in [7, 11) is 0. The van der Waals surface area contributed by atoms with Crippen LogP contribution in [0.2, 0.25) is 0 Å². The number of amides is 3. The highest BCUT2D eigenvalue weighted by molar-refractivity contribution is 9.10. The van der Waals surface area contributed by atoms with Gasteiger partial charge in [0.15, 0.2) is 11.5 Å². The van der Waals surface area contributed by atoms with E-state index in [4.69, 9.17) is 9.47 Å². The molecule has 9 heteroatoms. The lowest BCUT2D eigenvalue weighted by Crippen LogP contribution is -2.36. The molecule has 0 aromatic heterocycles. The zero-order valence-corrected chi connectivity index (χ0v) is 19.7. The van der Waals surface area contributed by atoms with Crippen molar-refractivity contribution < 1.29 is 23.9 Å². The van der Waals surface area contributed by atoms with E-state index < -0.39 is 17.1 Å². The van der Waals surface area contributed by atoms with Gasteiger partial charge in [0, 0.05) is 5.69 Å². The zero-order valence-electron chi connectivity index (χ0n) is 17.3. The Bertz CT molecular complexity index is 1070. The average molecular weight is 517 g/mol. The Labute approximate surface area is 198 Å². The molecule has 2 aromatic rings. The number of thioether (sulfide) groups is 1. The van der Waals surface area contributed by atoms with Crippen molar-refractivity contribution in [2.45, 2.75) is 6.92 Å². The Morgan fingerprint density at radius 3 is 2.66 bits per heavy atom. The van der Waals surface area contributed by atoms with Crippen LogP contribution in [0.1, 0.15) is 12.5 Å². The van der Waals surface area contributed by atoms with Gasteiger partial charge in [-0.3, -0.25) is 19.3 Å². The number of imide groups is 1. The van der Waals surface area contributed by atoms with Gasteiger partial charge in [-0.25, -0.2) is 0 Å². The Kier molecular flexibility index (Phi) is 8.13. The van der Waals surface area contributed by atoms with Crippen LogP contribution in [0, 0.1) is 0 Å². The van der Waals surface area contributed by atoms with Gasteiger partial charge in [0.25, 0.3) is 11.1 Å². The Balaban J connectivity index is 1.77. The third-order valence-electron chi connectivity index (χ3n) is 4.21. The highest BCUT2D eigenvalue weighted by Gasteiger charge is 2.36. The number of hydrogen-bond acceptors (Lipinski definition) is 6. The van der Waals surface area contributed by atoms with Gasteiger partial charge in [-0.15, -0.1) is 0 Å². The first kappa shape index (κ1) is 23.6. The monoisotopic (exact) mass is 516 g/mol. The first-order valence-electron chi connectivity index (χ1n) is 9.73. The summed E-state index contributed by atoms with van der Waals surface area (Å²) in [4.78, 5) is 38.6. The molecule has 166 valence electrons. The molecule has 1 fully saturated rings. The summed E-state index contributed by atoms with van der Waals surface area (Å²) in [6.45, 7) is 5.86. The van der Waals surface area contributed by atoms with Gasteiger partial charge in [0.2, 0.25) is 5.91 Å². The van der Waals surface area contributed by atoms with Gasteiger partial charge in [-0.2, -0.15) is 0 Å². The van der Waals surface area contributed by atoms with E-state index in [0.29, 0.717) is 40.4 Å². The van der Waals surface area contributed by atoms with Crippen molar-refractivity contribution in [2.75, 3.05) is 25.1 Å². The van der Waals surface area contributed by atoms with Crippen LogP contribution in [-0.2, 0) is 9.59 Å². The molecule has 0 atom stereocenters. The van der Waals surface area contributed by atoms with Crippen molar-refractivity contribution in [3.8, 4) is 11.5 Å². The lowest BCUT2D eigenvalue weighted by atomic mass is 10.2. The molecule has 7 nitrogen and oxygen atoms in total. The minimum Gasteiger partial charge on any atom is -0.490 e. The van der Waals surface area contributed by atoms with Crippen LogP contribution in [0.4, 0.5) is 10.5 Å². The molecule has 0 radical (unpaired) electrons. The van der Waals surface area contributed by atoms with Crippen molar-refractivity contribution in [1.82, 2.24) is 4.90 Å². The molecule has 0 bridgehead atoms. The van der Waals surface area contributed by atoms with Crippen LogP contribution in [0.5, 0.6) is 11.5 Å². The molecule has 32 heavy (non-hydrogen) atoms. The van der Waals surface area contributed by atoms with Crippen LogP contribution in [0.25, 0.3) is 6.08 Å². The summed E-state index contributed by atoms with van der Waals surface area (Å²) in [5, 5.41) is 2.17. The van der Waals surface area contributed by atoms with E-state index in [0.717, 1.165) is 16.7 Å². The first-order valence-corrected chi connectivity index (χ1v) is 11.3. The Morgan fingerprint density at radius 2 is 1.97 bits per heavy atom. The van der Waals surface area contributed by atoms with E-state index in [1.54, 1.807) is 48.6 Å². The molecule has 3 amide bonds. The number of hydrogen-bond donors (Lipinski definition) is 1. The van der Waals surface area contributed by atoms with E-state index in [-0.39, 0.29) is 11.4 Å². The van der Waals surface area contributed by atoms with Crippen molar-refractivity contribution in [3.05, 3.63) is 70.1 Å². The largest absolute Gasteiger partial charge is 0.490 e. The highest BCUT2D eigenvalue weighted by Crippen LogP contribution is 2.39.